The summed E-state index contributed by atoms with van der Waals surface area (Å²) in [4.78, 5) is 0. The van der Waals surface area contributed by atoms with E-state index in [4.69, 9.17) is 8.92 Å². The van der Waals surface area contributed by atoms with Crippen molar-refractivity contribution in [1.82, 2.24) is 0 Å². The van der Waals surface area contributed by atoms with Crippen LogP contribution < -0.4 is 0 Å². The molecule has 0 aromatic carbocycles. The zero-order chi connectivity index (χ0) is 11.5. The van der Waals surface area contributed by atoms with Crippen molar-refractivity contribution in [3.8, 4) is 0 Å². The van der Waals surface area contributed by atoms with Crippen molar-refractivity contribution in [1.29, 1.82) is 0 Å². The second-order valence-electron chi connectivity index (χ2n) is 4.25. The van der Waals surface area contributed by atoms with Gasteiger partial charge in [-0.1, -0.05) is 0 Å². The Morgan fingerprint density at radius 3 is 2.40 bits per heavy atom. The minimum Gasteiger partial charge on any atom is -0.377 e. The lowest BCUT2D eigenvalue weighted by Gasteiger charge is -2.27. The van der Waals surface area contributed by atoms with Gasteiger partial charge in [0.05, 0.1) is 12.2 Å². The highest BCUT2D eigenvalue weighted by Gasteiger charge is 2.32. The zero-order valence-electron chi connectivity index (χ0n) is 9.60. The predicted octanol–water partition coefficient (Wildman–Crippen LogP) is 1.70. The quantitative estimate of drug-likeness (QED) is 0.697. The largest absolute Gasteiger partial charge is 0.377 e. The highest BCUT2D eigenvalue weighted by atomic mass is 32.2. The summed E-state index contributed by atoms with van der Waals surface area (Å²) in [7, 11) is -3.48. The third kappa shape index (κ3) is 3.74. The maximum atomic E-state index is 11.7. The summed E-state index contributed by atoms with van der Waals surface area (Å²) in [6.45, 7) is 5.75. The van der Waals surface area contributed by atoms with Gasteiger partial charge in [0.1, 0.15) is 5.25 Å². The lowest BCUT2D eigenvalue weighted by atomic mass is 10.1. The number of ether oxygens (including phenoxy) is 1. The van der Waals surface area contributed by atoms with Crippen LogP contribution >= 0.6 is 0 Å². The molecule has 0 aliphatic carbocycles. The first-order chi connectivity index (χ1) is 6.93. The fraction of sp³-hybridized carbons (Fsp3) is 1.00. The molecule has 1 saturated heterocycles. The molecule has 0 spiro atoms. The number of hydrogen-bond acceptors (Lipinski definition) is 4. The fourth-order valence-electron chi connectivity index (χ4n) is 1.68. The van der Waals surface area contributed by atoms with Crippen molar-refractivity contribution in [2.75, 3.05) is 6.61 Å². The Bertz CT molecular complexity index is 278. The molecule has 1 aliphatic heterocycles. The minimum atomic E-state index is -3.48. The molecule has 0 bridgehead atoms. The van der Waals surface area contributed by atoms with Crippen LogP contribution in [-0.4, -0.2) is 32.5 Å². The van der Waals surface area contributed by atoms with E-state index in [-0.39, 0.29) is 12.2 Å². The van der Waals surface area contributed by atoms with Crippen LogP contribution in [0.4, 0.5) is 0 Å². The molecule has 0 aromatic rings. The Hall–Kier alpha value is -0.130. The first kappa shape index (κ1) is 12.9. The Balaban J connectivity index is 2.61. The van der Waals surface area contributed by atoms with Gasteiger partial charge in [0, 0.05) is 6.61 Å². The standard InChI is InChI=1S/C10H20O4S/c1-8(2)14-15(11,12)9(3)10-6-4-5-7-13-10/h8-10H,4-7H2,1-3H3. The lowest BCUT2D eigenvalue weighted by Crippen LogP contribution is -2.37. The normalized spacial score (nSPS) is 25.5. The lowest BCUT2D eigenvalue weighted by molar-refractivity contribution is 0.0140. The average Bonchev–Trinajstić information content (AvgIpc) is 2.16. The average molecular weight is 236 g/mol. The first-order valence-corrected chi connectivity index (χ1v) is 6.94. The molecular weight excluding hydrogens is 216 g/mol. The summed E-state index contributed by atoms with van der Waals surface area (Å²) in [6, 6.07) is 0. The molecule has 0 saturated carbocycles. The van der Waals surface area contributed by atoms with Crippen molar-refractivity contribution in [3.63, 3.8) is 0 Å². The van der Waals surface area contributed by atoms with Crippen molar-refractivity contribution in [3.05, 3.63) is 0 Å². The maximum absolute atomic E-state index is 11.7. The van der Waals surface area contributed by atoms with Gasteiger partial charge in [-0.3, -0.25) is 4.18 Å². The smallest absolute Gasteiger partial charge is 0.272 e. The van der Waals surface area contributed by atoms with Crippen LogP contribution in [0.15, 0.2) is 0 Å². The first-order valence-electron chi connectivity index (χ1n) is 5.47. The summed E-state index contributed by atoms with van der Waals surface area (Å²) in [5, 5.41) is -0.569. The van der Waals surface area contributed by atoms with Crippen LogP contribution in [0, 0.1) is 0 Å². The van der Waals surface area contributed by atoms with Gasteiger partial charge in [0.25, 0.3) is 10.1 Å². The van der Waals surface area contributed by atoms with Crippen LogP contribution in [-0.2, 0) is 19.0 Å². The summed E-state index contributed by atoms with van der Waals surface area (Å²) in [5.74, 6) is 0. The summed E-state index contributed by atoms with van der Waals surface area (Å²) in [5.41, 5.74) is 0. The third-order valence-electron chi connectivity index (χ3n) is 2.52. The molecule has 2 unspecified atom stereocenters. The molecule has 90 valence electrons. The van der Waals surface area contributed by atoms with E-state index < -0.39 is 15.4 Å². The second-order valence-corrected chi connectivity index (χ2v) is 6.17. The monoisotopic (exact) mass is 236 g/mol. The number of hydrogen-bond donors (Lipinski definition) is 0. The van der Waals surface area contributed by atoms with E-state index in [9.17, 15) is 8.42 Å². The van der Waals surface area contributed by atoms with Gasteiger partial charge in [0.15, 0.2) is 0 Å². The summed E-state index contributed by atoms with van der Waals surface area (Å²) >= 11 is 0. The Kier molecular flexibility index (Phi) is 4.55. The topological polar surface area (TPSA) is 52.6 Å². The third-order valence-corrected chi connectivity index (χ3v) is 4.39. The van der Waals surface area contributed by atoms with Crippen LogP contribution in [0.3, 0.4) is 0 Å². The highest BCUT2D eigenvalue weighted by Crippen LogP contribution is 2.21. The molecule has 0 N–H and O–H groups in total. The molecule has 0 radical (unpaired) electrons. The van der Waals surface area contributed by atoms with Gasteiger partial charge < -0.3 is 4.74 Å². The minimum absolute atomic E-state index is 0.206. The SMILES string of the molecule is CC(C)OS(=O)(=O)C(C)C1CCCCO1. The molecule has 2 atom stereocenters. The van der Waals surface area contributed by atoms with Crippen LogP contribution in [0.5, 0.6) is 0 Å². The molecule has 1 aliphatic rings. The van der Waals surface area contributed by atoms with E-state index in [1.807, 2.05) is 0 Å². The molecule has 0 amide bonds. The molecule has 1 fully saturated rings. The molecule has 4 nitrogen and oxygen atoms in total. The van der Waals surface area contributed by atoms with Crippen LogP contribution in [0.2, 0.25) is 0 Å². The Morgan fingerprint density at radius 1 is 1.27 bits per heavy atom. The van der Waals surface area contributed by atoms with Crippen LogP contribution in [0.25, 0.3) is 0 Å². The van der Waals surface area contributed by atoms with Gasteiger partial charge in [-0.05, 0) is 40.0 Å². The van der Waals surface area contributed by atoms with Crippen molar-refractivity contribution in [2.24, 2.45) is 0 Å². The van der Waals surface area contributed by atoms with Crippen molar-refractivity contribution >= 4 is 10.1 Å². The molecule has 5 heteroatoms. The molecular formula is C10H20O4S. The number of rotatable bonds is 4. The summed E-state index contributed by atoms with van der Waals surface area (Å²) < 4.78 is 33.9. The molecule has 1 heterocycles. The van der Waals surface area contributed by atoms with Crippen molar-refractivity contribution < 1.29 is 17.3 Å². The van der Waals surface area contributed by atoms with Gasteiger partial charge in [-0.15, -0.1) is 0 Å². The zero-order valence-corrected chi connectivity index (χ0v) is 10.4. The van der Waals surface area contributed by atoms with Crippen molar-refractivity contribution in [2.45, 2.75) is 57.5 Å². The van der Waals surface area contributed by atoms with E-state index in [1.54, 1.807) is 20.8 Å². The van der Waals surface area contributed by atoms with Crippen LogP contribution in [0.1, 0.15) is 40.0 Å². The maximum Gasteiger partial charge on any atom is 0.272 e. The molecule has 1 rings (SSSR count). The van der Waals surface area contributed by atoms with E-state index in [0.29, 0.717) is 6.61 Å². The summed E-state index contributed by atoms with van der Waals surface area (Å²) in [6.07, 6.45) is 2.35. The van der Waals surface area contributed by atoms with Gasteiger partial charge in [-0.25, -0.2) is 0 Å². The van der Waals surface area contributed by atoms with Gasteiger partial charge >= 0.3 is 0 Å². The Labute approximate surface area is 92.1 Å². The molecule has 0 aromatic heterocycles. The fourth-order valence-corrected chi connectivity index (χ4v) is 2.98. The van der Waals surface area contributed by atoms with Gasteiger partial charge in [-0.2, -0.15) is 8.42 Å². The highest BCUT2D eigenvalue weighted by molar-refractivity contribution is 7.87. The van der Waals surface area contributed by atoms with E-state index >= 15 is 0 Å². The van der Waals surface area contributed by atoms with E-state index in [0.717, 1.165) is 19.3 Å². The second kappa shape index (κ2) is 5.27. The molecule has 15 heavy (non-hydrogen) atoms. The Morgan fingerprint density at radius 2 is 1.93 bits per heavy atom. The van der Waals surface area contributed by atoms with E-state index in [2.05, 4.69) is 0 Å². The van der Waals surface area contributed by atoms with E-state index in [1.165, 1.54) is 0 Å². The predicted molar refractivity (Wildman–Crippen MR) is 58.2 cm³/mol. The van der Waals surface area contributed by atoms with Gasteiger partial charge in [0.2, 0.25) is 0 Å².